The maximum absolute atomic E-state index is 5.20. The lowest BCUT2D eigenvalue weighted by molar-refractivity contribution is 0.395. The lowest BCUT2D eigenvalue weighted by atomic mass is 10.3. The number of thiocarbonyl (C=S) groups is 1. The molecular weight excluding hydrogens is 168 g/mol. The smallest absolute Gasteiger partial charge is 0.168 e. The SMILES string of the molecule is CCCN(CC1CC1)C(=S)NC. The van der Waals surface area contributed by atoms with Gasteiger partial charge >= 0.3 is 0 Å². The quantitative estimate of drug-likeness (QED) is 0.672. The highest BCUT2D eigenvalue weighted by atomic mass is 32.1. The molecule has 1 N–H and O–H groups in total. The zero-order valence-corrected chi connectivity index (χ0v) is 8.78. The van der Waals surface area contributed by atoms with Gasteiger partial charge in [0.2, 0.25) is 0 Å². The van der Waals surface area contributed by atoms with Crippen LogP contribution in [0.4, 0.5) is 0 Å². The second-order valence-electron chi connectivity index (χ2n) is 3.44. The maximum Gasteiger partial charge on any atom is 0.168 e. The minimum absolute atomic E-state index is 0.906. The normalized spacial score (nSPS) is 15.8. The molecule has 0 unspecified atom stereocenters. The van der Waals surface area contributed by atoms with E-state index in [-0.39, 0.29) is 0 Å². The van der Waals surface area contributed by atoms with Crippen LogP contribution in [0.25, 0.3) is 0 Å². The summed E-state index contributed by atoms with van der Waals surface area (Å²) in [7, 11) is 1.90. The lowest BCUT2D eigenvalue weighted by Crippen LogP contribution is -2.39. The van der Waals surface area contributed by atoms with E-state index in [0.717, 1.165) is 24.1 Å². The largest absolute Gasteiger partial charge is 0.366 e. The topological polar surface area (TPSA) is 15.3 Å². The van der Waals surface area contributed by atoms with Crippen LogP contribution in [0.15, 0.2) is 0 Å². The molecule has 1 aliphatic rings. The average Bonchev–Trinajstić information content (AvgIpc) is 2.86. The van der Waals surface area contributed by atoms with Gasteiger partial charge in [0.1, 0.15) is 0 Å². The first kappa shape index (κ1) is 9.78. The molecule has 0 aromatic heterocycles. The van der Waals surface area contributed by atoms with E-state index in [1.807, 2.05) is 7.05 Å². The van der Waals surface area contributed by atoms with Crippen molar-refractivity contribution < 1.29 is 0 Å². The molecule has 0 amide bonds. The van der Waals surface area contributed by atoms with Gasteiger partial charge in [-0.3, -0.25) is 0 Å². The molecule has 0 atom stereocenters. The van der Waals surface area contributed by atoms with Gasteiger partial charge < -0.3 is 10.2 Å². The standard InChI is InChI=1S/C9H18N2S/c1-3-6-11(9(12)10-2)7-8-4-5-8/h8H,3-7H2,1-2H3,(H,10,12). The Labute approximate surface area is 80.3 Å². The van der Waals surface area contributed by atoms with Crippen LogP contribution in [0.5, 0.6) is 0 Å². The molecule has 0 aliphatic heterocycles. The Bertz CT molecular complexity index is 155. The molecule has 0 aromatic rings. The van der Waals surface area contributed by atoms with E-state index in [4.69, 9.17) is 12.2 Å². The first-order valence-electron chi connectivity index (χ1n) is 4.74. The third-order valence-electron chi connectivity index (χ3n) is 2.17. The highest BCUT2D eigenvalue weighted by Crippen LogP contribution is 2.29. The highest BCUT2D eigenvalue weighted by molar-refractivity contribution is 7.80. The summed E-state index contributed by atoms with van der Waals surface area (Å²) in [5.41, 5.74) is 0. The van der Waals surface area contributed by atoms with Crippen LogP contribution in [-0.2, 0) is 0 Å². The van der Waals surface area contributed by atoms with E-state index in [9.17, 15) is 0 Å². The zero-order chi connectivity index (χ0) is 8.97. The van der Waals surface area contributed by atoms with Crippen molar-refractivity contribution in [3.8, 4) is 0 Å². The molecule has 1 aliphatic carbocycles. The van der Waals surface area contributed by atoms with E-state index in [2.05, 4.69) is 17.1 Å². The number of hydrogen-bond acceptors (Lipinski definition) is 1. The third-order valence-corrected chi connectivity index (χ3v) is 2.63. The summed E-state index contributed by atoms with van der Waals surface area (Å²) in [6.07, 6.45) is 3.97. The van der Waals surface area contributed by atoms with Crippen molar-refractivity contribution in [3.05, 3.63) is 0 Å². The Morgan fingerprint density at radius 3 is 2.67 bits per heavy atom. The zero-order valence-electron chi connectivity index (χ0n) is 7.97. The second-order valence-corrected chi connectivity index (χ2v) is 3.83. The lowest BCUT2D eigenvalue weighted by Gasteiger charge is -2.24. The fourth-order valence-corrected chi connectivity index (χ4v) is 1.48. The number of nitrogens with zero attached hydrogens (tertiary/aromatic N) is 1. The van der Waals surface area contributed by atoms with Gasteiger partial charge in [-0.1, -0.05) is 6.92 Å². The first-order chi connectivity index (χ1) is 5.77. The van der Waals surface area contributed by atoms with Crippen molar-refractivity contribution in [1.29, 1.82) is 0 Å². The predicted molar refractivity (Wildman–Crippen MR) is 56.2 cm³/mol. The van der Waals surface area contributed by atoms with E-state index in [1.54, 1.807) is 0 Å². The van der Waals surface area contributed by atoms with Crippen molar-refractivity contribution >= 4 is 17.3 Å². The molecule has 0 saturated heterocycles. The van der Waals surface area contributed by atoms with Gasteiger partial charge in [0.05, 0.1) is 0 Å². The maximum atomic E-state index is 5.20. The minimum atomic E-state index is 0.906. The predicted octanol–water partition coefficient (Wildman–Crippen LogP) is 1.61. The monoisotopic (exact) mass is 186 g/mol. The van der Waals surface area contributed by atoms with Crippen LogP contribution in [0, 0.1) is 5.92 Å². The minimum Gasteiger partial charge on any atom is -0.366 e. The van der Waals surface area contributed by atoms with Crippen LogP contribution in [0.1, 0.15) is 26.2 Å². The molecule has 1 rings (SSSR count). The Kier molecular flexibility index (Phi) is 3.79. The van der Waals surface area contributed by atoms with Gasteiger partial charge in [0, 0.05) is 20.1 Å². The van der Waals surface area contributed by atoms with Crippen LogP contribution < -0.4 is 5.32 Å². The van der Waals surface area contributed by atoms with E-state index in [0.29, 0.717) is 0 Å². The number of nitrogens with one attached hydrogen (secondary N) is 1. The Morgan fingerprint density at radius 1 is 1.58 bits per heavy atom. The molecule has 2 nitrogen and oxygen atoms in total. The Hall–Kier alpha value is -0.310. The van der Waals surface area contributed by atoms with Gasteiger partial charge in [-0.05, 0) is 37.4 Å². The molecule has 1 saturated carbocycles. The molecule has 0 radical (unpaired) electrons. The number of hydrogen-bond donors (Lipinski definition) is 1. The van der Waals surface area contributed by atoms with Crippen LogP contribution in [0.2, 0.25) is 0 Å². The van der Waals surface area contributed by atoms with Crippen molar-refractivity contribution in [2.75, 3.05) is 20.1 Å². The summed E-state index contributed by atoms with van der Waals surface area (Å²) >= 11 is 5.20. The molecular formula is C9H18N2S. The molecule has 0 heterocycles. The molecule has 3 heteroatoms. The third kappa shape index (κ3) is 2.97. The Balaban J connectivity index is 2.30. The second kappa shape index (κ2) is 4.65. The van der Waals surface area contributed by atoms with Gasteiger partial charge in [-0.15, -0.1) is 0 Å². The molecule has 0 aromatic carbocycles. The van der Waals surface area contributed by atoms with Gasteiger partial charge in [-0.25, -0.2) is 0 Å². The summed E-state index contributed by atoms with van der Waals surface area (Å²) in [6.45, 7) is 4.45. The van der Waals surface area contributed by atoms with Crippen molar-refractivity contribution in [2.24, 2.45) is 5.92 Å². The van der Waals surface area contributed by atoms with Crippen LogP contribution in [0.3, 0.4) is 0 Å². The summed E-state index contributed by atoms with van der Waals surface area (Å²) < 4.78 is 0. The van der Waals surface area contributed by atoms with Gasteiger partial charge in [0.15, 0.2) is 5.11 Å². The van der Waals surface area contributed by atoms with Crippen molar-refractivity contribution in [1.82, 2.24) is 10.2 Å². The van der Waals surface area contributed by atoms with E-state index >= 15 is 0 Å². The average molecular weight is 186 g/mol. The first-order valence-corrected chi connectivity index (χ1v) is 5.15. The summed E-state index contributed by atoms with van der Waals surface area (Å²) in [4.78, 5) is 2.28. The molecule has 1 fully saturated rings. The summed E-state index contributed by atoms with van der Waals surface area (Å²) in [5.74, 6) is 0.919. The van der Waals surface area contributed by atoms with Crippen LogP contribution >= 0.6 is 12.2 Å². The summed E-state index contributed by atoms with van der Waals surface area (Å²) in [5, 5.41) is 3.95. The van der Waals surface area contributed by atoms with Crippen LogP contribution in [-0.4, -0.2) is 30.1 Å². The Morgan fingerprint density at radius 2 is 2.25 bits per heavy atom. The molecule has 0 spiro atoms. The fraction of sp³-hybridized carbons (Fsp3) is 0.889. The number of rotatable bonds is 4. The van der Waals surface area contributed by atoms with Gasteiger partial charge in [0.25, 0.3) is 0 Å². The molecule has 0 bridgehead atoms. The molecule has 12 heavy (non-hydrogen) atoms. The van der Waals surface area contributed by atoms with Gasteiger partial charge in [-0.2, -0.15) is 0 Å². The van der Waals surface area contributed by atoms with E-state index < -0.39 is 0 Å². The van der Waals surface area contributed by atoms with E-state index in [1.165, 1.54) is 19.3 Å². The highest BCUT2D eigenvalue weighted by Gasteiger charge is 2.24. The van der Waals surface area contributed by atoms with Crippen molar-refractivity contribution in [3.63, 3.8) is 0 Å². The van der Waals surface area contributed by atoms with Crippen molar-refractivity contribution in [2.45, 2.75) is 26.2 Å². The fourth-order valence-electron chi connectivity index (χ4n) is 1.32. The summed E-state index contributed by atoms with van der Waals surface area (Å²) in [6, 6.07) is 0. The molecule has 70 valence electrons.